The Bertz CT molecular complexity index is 1610. The first-order valence-corrected chi connectivity index (χ1v) is 13.6. The fraction of sp³-hybridized carbons (Fsp3) is 0.444. The second-order valence-electron chi connectivity index (χ2n) is 9.82. The molecule has 0 unspecified atom stereocenters. The van der Waals surface area contributed by atoms with Crippen molar-refractivity contribution in [2.75, 3.05) is 13.7 Å². The second kappa shape index (κ2) is 13.9. The van der Waals surface area contributed by atoms with Crippen molar-refractivity contribution in [1.82, 2.24) is 29.4 Å². The van der Waals surface area contributed by atoms with E-state index in [9.17, 15) is 18.8 Å². The zero-order chi connectivity index (χ0) is 29.8. The van der Waals surface area contributed by atoms with E-state index in [1.165, 1.54) is 72.3 Å². The van der Waals surface area contributed by atoms with E-state index in [2.05, 4.69) is 15.5 Å². The van der Waals surface area contributed by atoms with Crippen molar-refractivity contribution in [1.29, 1.82) is 0 Å². The van der Waals surface area contributed by atoms with Crippen LogP contribution < -0.4 is 21.3 Å². The number of nitrogens with zero attached hydrogens (tertiary/aromatic N) is 5. The number of fused-ring (bicyclic) bond motifs is 1. The molecule has 224 valence electrons. The van der Waals surface area contributed by atoms with E-state index in [-0.39, 0.29) is 32.6 Å². The van der Waals surface area contributed by atoms with Gasteiger partial charge in [0, 0.05) is 24.8 Å². The van der Waals surface area contributed by atoms with Gasteiger partial charge in [0.05, 0.1) is 24.9 Å². The fourth-order valence-electron chi connectivity index (χ4n) is 4.19. The van der Waals surface area contributed by atoms with Crippen LogP contribution in [0.1, 0.15) is 45.7 Å². The Morgan fingerprint density at radius 1 is 1.22 bits per heavy atom. The first kappa shape index (κ1) is 33.7. The minimum absolute atomic E-state index is 0. The second-order valence-corrected chi connectivity index (χ2v) is 10.8. The van der Waals surface area contributed by atoms with E-state index in [0.29, 0.717) is 38.6 Å². The molecule has 0 fully saturated rings. The largest absolute Gasteiger partial charge is 0.496 e. The van der Waals surface area contributed by atoms with Gasteiger partial charge in [-0.05, 0) is 71.7 Å². The van der Waals surface area contributed by atoms with Crippen molar-refractivity contribution in [2.45, 2.75) is 66.2 Å². The fourth-order valence-corrected chi connectivity index (χ4v) is 5.43. The van der Waals surface area contributed by atoms with E-state index in [1.807, 2.05) is 0 Å². The summed E-state index contributed by atoms with van der Waals surface area (Å²) < 4.78 is 21.8. The zero-order valence-corrected chi connectivity index (χ0v) is 26.0. The summed E-state index contributed by atoms with van der Waals surface area (Å²) in [5.74, 6) is -0.395. The number of hydrogen-bond acceptors (Lipinski definition) is 8. The van der Waals surface area contributed by atoms with Crippen molar-refractivity contribution >= 4 is 41.0 Å². The predicted molar refractivity (Wildman–Crippen MR) is 162 cm³/mol. The maximum absolute atomic E-state index is 14.0. The average molecular weight is 609 g/mol. The number of ether oxygens (including phenoxy) is 1. The number of thiophene rings is 1. The molecule has 41 heavy (non-hydrogen) atoms. The number of aliphatic hydroxyl groups excluding tert-OH is 1. The van der Waals surface area contributed by atoms with Crippen molar-refractivity contribution < 1.29 is 19.0 Å². The summed E-state index contributed by atoms with van der Waals surface area (Å²) in [4.78, 5) is 42.3. The Labute approximate surface area is 248 Å². The van der Waals surface area contributed by atoms with Crippen LogP contribution in [0.2, 0.25) is 0 Å². The van der Waals surface area contributed by atoms with E-state index in [0.717, 1.165) is 4.57 Å². The van der Waals surface area contributed by atoms with Crippen molar-refractivity contribution in [3.05, 3.63) is 68.4 Å². The van der Waals surface area contributed by atoms with Crippen LogP contribution in [0.15, 0.2) is 40.2 Å². The normalized spacial score (nSPS) is 11.2. The molecule has 11 nitrogen and oxygen atoms in total. The summed E-state index contributed by atoms with van der Waals surface area (Å²) >= 11 is 1.20. The third-order valence-corrected chi connectivity index (χ3v) is 7.37. The van der Waals surface area contributed by atoms with Crippen LogP contribution in [0, 0.1) is 12.7 Å². The maximum atomic E-state index is 14.0. The van der Waals surface area contributed by atoms with E-state index >= 15 is 0 Å². The highest BCUT2D eigenvalue weighted by atomic mass is 32.1. The van der Waals surface area contributed by atoms with Crippen LogP contribution in [0.5, 0.6) is 5.75 Å². The highest BCUT2D eigenvalue weighted by molar-refractivity contribution is 7.59. The number of nitrogens with one attached hydrogen (secondary N) is 1. The number of methoxy groups -OCH3 is 1. The van der Waals surface area contributed by atoms with Crippen LogP contribution >= 0.6 is 24.8 Å². The van der Waals surface area contributed by atoms with Gasteiger partial charge >= 0.3 is 5.69 Å². The molecule has 0 aliphatic carbocycles. The number of hydrogen-bond donors (Lipinski definition) is 2. The van der Waals surface area contributed by atoms with Crippen LogP contribution in [0.4, 0.5) is 4.39 Å². The number of likely N-dealkylation sites (N-methyl/N-ethyl adjacent to an activating group) is 1. The zero-order valence-electron chi connectivity index (χ0n) is 24.2. The number of aliphatic hydroxyl groups is 1. The molecule has 0 radical (unpaired) electrons. The number of aryl methyl sites for hydroxylation is 3. The molecule has 3 aromatic heterocycles. The van der Waals surface area contributed by atoms with Gasteiger partial charge in [-0.25, -0.2) is 13.8 Å². The van der Waals surface area contributed by atoms with Crippen molar-refractivity contribution in [2.24, 2.45) is 0 Å². The number of benzene rings is 1. The molecule has 4 aromatic rings. The summed E-state index contributed by atoms with van der Waals surface area (Å²) in [6.45, 7) is 10.5. The van der Waals surface area contributed by atoms with Gasteiger partial charge in [0.25, 0.3) is 5.56 Å². The Morgan fingerprint density at radius 3 is 2.39 bits per heavy atom. The number of aromatic nitrogens is 5. The molecule has 3 heterocycles. The number of halogens is 1. The standard InChI is InChI=1S/C24H27FN6O4S.C3H8O.H2S/c1-6-26-22(33)24(3,4)30-19(32)18-14(2)20(31-27-10-11-28-31)36-21(18)29(23(30)34)12-9-15-13-16(25)7-8-17(15)35-5;1-3(2)4;/h7-8,10-11,13H,6,9,12H2,1-5H3,(H,26,33);3-4H,1-2H3;1H2. The van der Waals surface area contributed by atoms with Crippen LogP contribution in [-0.4, -0.2) is 54.9 Å². The van der Waals surface area contributed by atoms with Crippen LogP contribution in [0.3, 0.4) is 0 Å². The first-order valence-electron chi connectivity index (χ1n) is 12.8. The third kappa shape index (κ3) is 7.05. The molecule has 0 spiro atoms. The lowest BCUT2D eigenvalue weighted by Crippen LogP contribution is -2.55. The summed E-state index contributed by atoms with van der Waals surface area (Å²) in [6, 6.07) is 4.18. The molecular weight excluding hydrogens is 571 g/mol. The van der Waals surface area contributed by atoms with Gasteiger partial charge in [-0.1, -0.05) is 11.3 Å². The molecule has 0 aliphatic heterocycles. The van der Waals surface area contributed by atoms with Gasteiger partial charge in [-0.15, -0.1) is 4.80 Å². The molecular formula is C27H37FN6O5S2. The molecule has 0 aliphatic rings. The topological polar surface area (TPSA) is 133 Å². The van der Waals surface area contributed by atoms with Crippen LogP contribution in [-0.2, 0) is 23.3 Å². The van der Waals surface area contributed by atoms with Crippen molar-refractivity contribution in [3.8, 4) is 10.8 Å². The molecule has 1 amide bonds. The lowest BCUT2D eigenvalue weighted by atomic mass is 10.0. The molecule has 14 heteroatoms. The predicted octanol–water partition coefficient (Wildman–Crippen LogP) is 2.88. The van der Waals surface area contributed by atoms with Gasteiger partial charge in [0.2, 0.25) is 5.91 Å². The first-order chi connectivity index (χ1) is 18.8. The van der Waals surface area contributed by atoms with Gasteiger partial charge in [0.1, 0.15) is 26.9 Å². The Morgan fingerprint density at radius 2 is 1.83 bits per heavy atom. The summed E-state index contributed by atoms with van der Waals surface area (Å²) in [6.07, 6.45) is 3.12. The Hall–Kier alpha value is -3.49. The Balaban J connectivity index is 0.00000110. The molecule has 4 rings (SSSR count). The highest BCUT2D eigenvalue weighted by Gasteiger charge is 2.35. The molecule has 2 N–H and O–H groups in total. The minimum atomic E-state index is -1.46. The van der Waals surface area contributed by atoms with Gasteiger partial charge in [0.15, 0.2) is 0 Å². The summed E-state index contributed by atoms with van der Waals surface area (Å²) in [7, 11) is 1.49. The molecule has 0 atom stereocenters. The smallest absolute Gasteiger partial charge is 0.333 e. The maximum Gasteiger partial charge on any atom is 0.333 e. The number of amides is 1. The van der Waals surface area contributed by atoms with E-state index < -0.39 is 28.5 Å². The van der Waals surface area contributed by atoms with Gasteiger partial charge in [-0.3, -0.25) is 14.2 Å². The average Bonchev–Trinajstić information content (AvgIpc) is 3.52. The quantitative estimate of drug-likeness (QED) is 0.314. The molecule has 0 saturated heterocycles. The SMILES string of the molecule is CC(C)O.CCNC(=O)C(C)(C)n1c(=O)c2c(C)c(-n3nccn3)sc2n(CCc2cc(F)ccc2OC)c1=O.S. The summed E-state index contributed by atoms with van der Waals surface area (Å²) in [5, 5.41) is 20.0. The lowest BCUT2D eigenvalue weighted by molar-refractivity contribution is -0.128. The third-order valence-electron chi connectivity index (χ3n) is 6.09. The highest BCUT2D eigenvalue weighted by Crippen LogP contribution is 2.31. The molecule has 1 aromatic carbocycles. The summed E-state index contributed by atoms with van der Waals surface area (Å²) in [5.41, 5.74) is -1.51. The van der Waals surface area contributed by atoms with Crippen LogP contribution in [0.25, 0.3) is 15.2 Å². The number of carbonyl (C=O) groups excluding carboxylic acids is 1. The van der Waals surface area contributed by atoms with Gasteiger partial charge in [-0.2, -0.15) is 23.7 Å². The van der Waals surface area contributed by atoms with Gasteiger partial charge < -0.3 is 15.2 Å². The molecule has 0 bridgehead atoms. The van der Waals surface area contributed by atoms with E-state index in [1.54, 1.807) is 27.7 Å². The molecule has 0 saturated carbocycles. The van der Waals surface area contributed by atoms with E-state index in [4.69, 9.17) is 9.84 Å². The lowest BCUT2D eigenvalue weighted by Gasteiger charge is -2.26. The minimum Gasteiger partial charge on any atom is -0.496 e. The monoisotopic (exact) mass is 608 g/mol. The van der Waals surface area contributed by atoms with Crippen molar-refractivity contribution in [3.63, 3.8) is 0 Å². The Kier molecular flexibility index (Phi) is 11.4. The number of rotatable bonds is 8. The number of carbonyl (C=O) groups is 1.